The molecule has 1 aliphatic heterocycles. The number of nitrogens with two attached hydrogens (primary N) is 1. The number of hydrogen-bond donors (Lipinski definition) is 3. The minimum Gasteiger partial charge on any atom is -0.395 e. The average molecular weight is 369 g/mol. The lowest BCUT2D eigenvalue weighted by Crippen LogP contribution is -2.44. The van der Waals surface area contributed by atoms with E-state index in [1.807, 2.05) is 0 Å². The van der Waals surface area contributed by atoms with Gasteiger partial charge in [0.05, 0.1) is 0 Å². The summed E-state index contributed by atoms with van der Waals surface area (Å²) in [4.78, 5) is 23.9. The number of fused-ring (bicyclic) bond motifs is 1. The monoisotopic (exact) mass is 369 g/mol. The van der Waals surface area contributed by atoms with E-state index in [1.54, 1.807) is 0 Å². The molecular weight excluding hydrogens is 348 g/mol. The lowest BCUT2D eigenvalue weighted by molar-refractivity contribution is -0.286. The van der Waals surface area contributed by atoms with Gasteiger partial charge in [-0.15, -0.1) is 8.78 Å². The largest absolute Gasteiger partial charge is 0.586 e. The van der Waals surface area contributed by atoms with E-state index in [2.05, 4.69) is 20.1 Å². The van der Waals surface area contributed by atoms with Crippen LogP contribution in [0.2, 0.25) is 0 Å². The number of hydrogen-bond acceptors (Lipinski definition) is 5. The Balaban J connectivity index is 1.50. The van der Waals surface area contributed by atoms with Crippen molar-refractivity contribution in [2.75, 3.05) is 6.54 Å². The zero-order valence-corrected chi connectivity index (χ0v) is 14.1. The standard InChI is InChI=1S/C17H21F2N3O4/c18-17(19)25-13-6-1-10(9-14(13)26-17)16(24)22-12-4-2-11(3-5-12)21-15(23)7-8-20/h1,6,9,11-12H,2-5,7-8,20H2,(H,21,23)(H,22,24)/t11-,12-. The Morgan fingerprint density at radius 2 is 1.69 bits per heavy atom. The van der Waals surface area contributed by atoms with E-state index in [1.165, 1.54) is 18.2 Å². The fourth-order valence-corrected chi connectivity index (χ4v) is 3.17. The van der Waals surface area contributed by atoms with Gasteiger partial charge in [-0.2, -0.15) is 0 Å². The molecule has 26 heavy (non-hydrogen) atoms. The van der Waals surface area contributed by atoms with E-state index >= 15 is 0 Å². The smallest absolute Gasteiger partial charge is 0.395 e. The highest BCUT2D eigenvalue weighted by Crippen LogP contribution is 2.41. The number of rotatable bonds is 5. The van der Waals surface area contributed by atoms with Crippen LogP contribution < -0.4 is 25.8 Å². The van der Waals surface area contributed by atoms with Crippen LogP contribution in [-0.2, 0) is 4.79 Å². The minimum absolute atomic E-state index is 0.0305. The molecule has 2 amide bonds. The van der Waals surface area contributed by atoms with E-state index in [0.29, 0.717) is 13.0 Å². The van der Waals surface area contributed by atoms with Crippen molar-refractivity contribution in [1.82, 2.24) is 10.6 Å². The molecule has 0 radical (unpaired) electrons. The van der Waals surface area contributed by atoms with Gasteiger partial charge in [0.25, 0.3) is 5.91 Å². The van der Waals surface area contributed by atoms with Crippen molar-refractivity contribution in [3.05, 3.63) is 23.8 Å². The number of amides is 2. The summed E-state index contributed by atoms with van der Waals surface area (Å²) in [6, 6.07) is 4.00. The fraction of sp³-hybridized carbons (Fsp3) is 0.529. The number of halogens is 2. The first-order valence-corrected chi connectivity index (χ1v) is 8.56. The Labute approximate surface area is 149 Å². The van der Waals surface area contributed by atoms with E-state index in [9.17, 15) is 18.4 Å². The molecule has 0 atom stereocenters. The summed E-state index contributed by atoms with van der Waals surface area (Å²) < 4.78 is 34.7. The van der Waals surface area contributed by atoms with Gasteiger partial charge in [0.2, 0.25) is 5.91 Å². The van der Waals surface area contributed by atoms with Crippen molar-refractivity contribution in [3.8, 4) is 11.5 Å². The molecule has 1 aromatic rings. The zero-order valence-electron chi connectivity index (χ0n) is 14.1. The van der Waals surface area contributed by atoms with Gasteiger partial charge in [0.1, 0.15) is 0 Å². The summed E-state index contributed by atoms with van der Waals surface area (Å²) in [7, 11) is 0. The SMILES string of the molecule is NCCC(=O)N[C@H]1CC[C@H](NC(=O)c2ccc3c(c2)OC(F)(F)O3)CC1. The van der Waals surface area contributed by atoms with E-state index in [-0.39, 0.29) is 41.0 Å². The van der Waals surface area contributed by atoms with Crippen LogP contribution in [0.15, 0.2) is 18.2 Å². The molecule has 0 unspecified atom stereocenters. The van der Waals surface area contributed by atoms with Crippen LogP contribution in [0.3, 0.4) is 0 Å². The first-order chi connectivity index (χ1) is 12.4. The van der Waals surface area contributed by atoms with Gasteiger partial charge in [0.15, 0.2) is 11.5 Å². The minimum atomic E-state index is -3.70. The molecule has 142 valence electrons. The van der Waals surface area contributed by atoms with Crippen molar-refractivity contribution in [2.45, 2.75) is 50.5 Å². The van der Waals surface area contributed by atoms with Crippen molar-refractivity contribution in [3.63, 3.8) is 0 Å². The molecule has 3 rings (SSSR count). The molecule has 2 aliphatic rings. The van der Waals surface area contributed by atoms with Gasteiger partial charge < -0.3 is 25.8 Å². The Bertz CT molecular complexity index is 691. The van der Waals surface area contributed by atoms with Crippen molar-refractivity contribution in [1.29, 1.82) is 0 Å². The highest BCUT2D eigenvalue weighted by Gasteiger charge is 2.43. The van der Waals surface area contributed by atoms with Gasteiger partial charge in [-0.05, 0) is 43.9 Å². The molecule has 0 spiro atoms. The lowest BCUT2D eigenvalue weighted by Gasteiger charge is -2.29. The molecule has 0 saturated heterocycles. The first kappa shape index (κ1) is 18.4. The number of alkyl halides is 2. The molecule has 0 aromatic heterocycles. The van der Waals surface area contributed by atoms with Crippen molar-refractivity contribution < 1.29 is 27.8 Å². The van der Waals surface area contributed by atoms with Gasteiger partial charge in [-0.3, -0.25) is 9.59 Å². The molecular formula is C17H21F2N3O4. The van der Waals surface area contributed by atoms with Crippen molar-refractivity contribution >= 4 is 11.8 Å². The third-order valence-electron chi connectivity index (χ3n) is 4.46. The third-order valence-corrected chi connectivity index (χ3v) is 4.46. The Morgan fingerprint density at radius 3 is 2.35 bits per heavy atom. The van der Waals surface area contributed by atoms with E-state index in [4.69, 9.17) is 5.73 Å². The topological polar surface area (TPSA) is 103 Å². The molecule has 1 saturated carbocycles. The Hall–Kier alpha value is -2.42. The van der Waals surface area contributed by atoms with Crippen LogP contribution in [0.5, 0.6) is 11.5 Å². The molecule has 7 nitrogen and oxygen atoms in total. The molecule has 1 aromatic carbocycles. The lowest BCUT2D eigenvalue weighted by atomic mass is 9.91. The predicted octanol–water partition coefficient (Wildman–Crippen LogP) is 1.51. The summed E-state index contributed by atoms with van der Waals surface area (Å²) in [5.41, 5.74) is 5.57. The second-order valence-electron chi connectivity index (χ2n) is 6.46. The van der Waals surface area contributed by atoms with Gasteiger partial charge in [-0.1, -0.05) is 0 Å². The Kier molecular flexibility index (Phi) is 5.26. The summed E-state index contributed by atoms with van der Waals surface area (Å²) in [6.45, 7) is 0.318. The molecule has 4 N–H and O–H groups in total. The van der Waals surface area contributed by atoms with Crippen LogP contribution >= 0.6 is 0 Å². The van der Waals surface area contributed by atoms with Crippen LogP contribution in [0.25, 0.3) is 0 Å². The normalized spacial score (nSPS) is 23.3. The Morgan fingerprint density at radius 1 is 1.08 bits per heavy atom. The number of carbonyl (C=O) groups excluding carboxylic acids is 2. The first-order valence-electron chi connectivity index (χ1n) is 8.56. The summed E-state index contributed by atoms with van der Waals surface area (Å²) >= 11 is 0. The zero-order chi connectivity index (χ0) is 18.7. The van der Waals surface area contributed by atoms with E-state index < -0.39 is 6.29 Å². The summed E-state index contributed by atoms with van der Waals surface area (Å²) in [5, 5.41) is 5.82. The van der Waals surface area contributed by atoms with Crippen LogP contribution in [0.1, 0.15) is 42.5 Å². The maximum absolute atomic E-state index is 13.0. The maximum atomic E-state index is 13.0. The van der Waals surface area contributed by atoms with Gasteiger partial charge in [-0.25, -0.2) is 0 Å². The van der Waals surface area contributed by atoms with Gasteiger partial charge in [0, 0.05) is 30.6 Å². The fourth-order valence-electron chi connectivity index (χ4n) is 3.17. The molecule has 0 bridgehead atoms. The quantitative estimate of drug-likeness (QED) is 0.730. The maximum Gasteiger partial charge on any atom is 0.586 e. The number of carbonyl (C=O) groups is 2. The molecule has 1 heterocycles. The van der Waals surface area contributed by atoms with E-state index in [0.717, 1.165) is 25.7 Å². The average Bonchev–Trinajstić information content (AvgIpc) is 2.89. The predicted molar refractivity (Wildman–Crippen MR) is 88.0 cm³/mol. The highest BCUT2D eigenvalue weighted by molar-refractivity contribution is 5.95. The van der Waals surface area contributed by atoms with Crippen LogP contribution in [-0.4, -0.2) is 36.7 Å². The number of benzene rings is 1. The van der Waals surface area contributed by atoms with Crippen LogP contribution in [0.4, 0.5) is 8.78 Å². The van der Waals surface area contributed by atoms with Gasteiger partial charge >= 0.3 is 6.29 Å². The molecule has 1 fully saturated rings. The second-order valence-corrected chi connectivity index (χ2v) is 6.46. The van der Waals surface area contributed by atoms with Crippen LogP contribution in [0, 0.1) is 0 Å². The third kappa shape index (κ3) is 4.40. The molecule has 1 aliphatic carbocycles. The highest BCUT2D eigenvalue weighted by atomic mass is 19.3. The number of ether oxygens (including phenoxy) is 2. The number of nitrogens with one attached hydrogen (secondary N) is 2. The molecule has 9 heteroatoms. The second kappa shape index (κ2) is 7.45. The summed E-state index contributed by atoms with van der Waals surface area (Å²) in [6.07, 6.45) is -0.433. The summed E-state index contributed by atoms with van der Waals surface area (Å²) in [5.74, 6) is -0.673. The van der Waals surface area contributed by atoms with Crippen molar-refractivity contribution in [2.24, 2.45) is 5.73 Å².